The smallest absolute Gasteiger partial charge is 0.330 e. The second kappa shape index (κ2) is 7.33. The molecule has 0 fully saturated rings. The molecule has 1 aromatic heterocycles. The average molecular weight is 247 g/mol. The molecule has 98 valence electrons. The number of aromatic nitrogens is 1. The van der Waals surface area contributed by atoms with Crippen LogP contribution in [0.25, 0.3) is 17.0 Å². The molecule has 3 nitrogen and oxygen atoms in total. The fourth-order valence-corrected chi connectivity index (χ4v) is 1.58. The van der Waals surface area contributed by atoms with Gasteiger partial charge in [0.05, 0.1) is 6.61 Å². The van der Waals surface area contributed by atoms with Crippen LogP contribution in [-0.2, 0) is 9.53 Å². The first-order valence-electron chi connectivity index (χ1n) is 6.22. The molecule has 0 aliphatic heterocycles. The van der Waals surface area contributed by atoms with Gasteiger partial charge in [-0.15, -0.1) is 0 Å². The zero-order valence-corrected chi connectivity index (χ0v) is 11.1. The normalized spacial score (nSPS) is 10.2. The Morgan fingerprint density at radius 3 is 2.83 bits per heavy atom. The summed E-state index contributed by atoms with van der Waals surface area (Å²) < 4.78 is 4.82. The molecule has 2 aromatic rings. The molecule has 18 heavy (non-hydrogen) atoms. The molecule has 0 aliphatic rings. The number of para-hydroxylation sites is 1. The molecule has 3 heteroatoms. The molecule has 0 radical (unpaired) electrons. The molecule has 1 N–H and O–H groups in total. The molecule has 1 aromatic carbocycles. The van der Waals surface area contributed by atoms with E-state index in [9.17, 15) is 4.79 Å². The topological polar surface area (TPSA) is 42.1 Å². The van der Waals surface area contributed by atoms with E-state index >= 15 is 0 Å². The van der Waals surface area contributed by atoms with E-state index in [-0.39, 0.29) is 7.40 Å². The number of carbonyl (C=O) groups excluding carboxylic acids is 1. The van der Waals surface area contributed by atoms with Crippen molar-refractivity contribution in [1.29, 1.82) is 0 Å². The van der Waals surface area contributed by atoms with Gasteiger partial charge >= 0.3 is 5.97 Å². The molecule has 0 aliphatic carbocycles. The molecule has 0 saturated carbocycles. The van der Waals surface area contributed by atoms with E-state index in [1.165, 1.54) is 6.08 Å². The number of rotatable bonds is 3. The van der Waals surface area contributed by atoms with Gasteiger partial charge < -0.3 is 9.72 Å². The Morgan fingerprint density at radius 2 is 2.11 bits per heavy atom. The van der Waals surface area contributed by atoms with E-state index in [4.69, 9.17) is 4.74 Å². The number of fused-ring (bicyclic) bond motifs is 1. The molecule has 2 rings (SSSR count). The lowest BCUT2D eigenvalue weighted by molar-refractivity contribution is -0.137. The van der Waals surface area contributed by atoms with Crippen molar-refractivity contribution in [2.45, 2.75) is 20.8 Å². The SMILES string of the molecule is CC.CCOC(=O)/C=C/c1c[nH]c2ccccc12.[HH]. The molecule has 0 bridgehead atoms. The maximum atomic E-state index is 11.2. The van der Waals surface area contributed by atoms with Gasteiger partial charge in [-0.25, -0.2) is 4.79 Å². The number of hydrogen-bond acceptors (Lipinski definition) is 2. The Bertz CT molecular complexity index is 532. The monoisotopic (exact) mass is 247 g/mol. The lowest BCUT2D eigenvalue weighted by atomic mass is 10.1. The van der Waals surface area contributed by atoms with Crippen molar-refractivity contribution < 1.29 is 11.0 Å². The summed E-state index contributed by atoms with van der Waals surface area (Å²) in [5.74, 6) is -0.312. The van der Waals surface area contributed by atoms with Gasteiger partial charge in [0.1, 0.15) is 0 Å². The van der Waals surface area contributed by atoms with Gasteiger partial charge in [0.15, 0.2) is 0 Å². The minimum absolute atomic E-state index is 0. The maximum absolute atomic E-state index is 11.2. The van der Waals surface area contributed by atoms with Crippen molar-refractivity contribution in [3.63, 3.8) is 0 Å². The van der Waals surface area contributed by atoms with Crippen molar-refractivity contribution >= 4 is 22.9 Å². The summed E-state index contributed by atoms with van der Waals surface area (Å²) in [5.41, 5.74) is 2.05. The summed E-state index contributed by atoms with van der Waals surface area (Å²) in [6.07, 6.45) is 5.08. The highest BCUT2D eigenvalue weighted by Gasteiger charge is 2.00. The van der Waals surface area contributed by atoms with Crippen LogP contribution < -0.4 is 0 Å². The molecule has 0 atom stereocenters. The Kier molecular flexibility index (Phi) is 5.71. The molecular weight excluding hydrogens is 226 g/mol. The second-order valence-corrected chi connectivity index (χ2v) is 3.37. The Balaban J connectivity index is 0.00000103. The van der Waals surface area contributed by atoms with E-state index in [0.717, 1.165) is 16.5 Å². The summed E-state index contributed by atoms with van der Waals surface area (Å²) in [7, 11) is 0. The molecule has 0 amide bonds. The van der Waals surface area contributed by atoms with Crippen LogP contribution in [0.1, 0.15) is 27.8 Å². The highest BCUT2D eigenvalue weighted by molar-refractivity contribution is 5.93. The predicted octanol–water partition coefficient (Wildman–Crippen LogP) is 4.02. The summed E-state index contributed by atoms with van der Waals surface area (Å²) in [6, 6.07) is 7.95. The van der Waals surface area contributed by atoms with E-state index in [2.05, 4.69) is 4.98 Å². The van der Waals surface area contributed by atoms with E-state index in [1.807, 2.05) is 44.3 Å². The zero-order valence-electron chi connectivity index (χ0n) is 11.1. The van der Waals surface area contributed by atoms with Crippen molar-refractivity contribution in [3.05, 3.63) is 42.1 Å². The zero-order chi connectivity index (χ0) is 13.4. The molecule has 1 heterocycles. The standard InChI is InChI=1S/C13H13NO2.C2H6.H2/c1-2-16-13(15)8-7-10-9-14-12-6-4-3-5-11(10)12;1-2;/h3-9,14H,2H2,1H3;1-2H3;1H/b8-7+;;. The number of ether oxygens (including phenoxy) is 1. The lowest BCUT2D eigenvalue weighted by Gasteiger charge is -1.94. The number of carbonyl (C=O) groups is 1. The van der Waals surface area contributed by atoms with Crippen molar-refractivity contribution in [1.82, 2.24) is 4.98 Å². The number of nitrogens with one attached hydrogen (secondary N) is 1. The largest absolute Gasteiger partial charge is 0.463 e. The van der Waals surface area contributed by atoms with Crippen LogP contribution in [0.4, 0.5) is 0 Å². The second-order valence-electron chi connectivity index (χ2n) is 3.37. The highest BCUT2D eigenvalue weighted by atomic mass is 16.5. The third-order valence-electron chi connectivity index (χ3n) is 2.31. The number of benzene rings is 1. The van der Waals surface area contributed by atoms with E-state index < -0.39 is 0 Å². The van der Waals surface area contributed by atoms with Crippen LogP contribution >= 0.6 is 0 Å². The summed E-state index contributed by atoms with van der Waals surface area (Å²) >= 11 is 0. The predicted molar refractivity (Wildman–Crippen MR) is 77.4 cm³/mol. The molecule has 0 saturated heterocycles. The van der Waals surface area contributed by atoms with Gasteiger partial charge in [-0.3, -0.25) is 0 Å². The number of H-pyrrole nitrogens is 1. The summed E-state index contributed by atoms with van der Waals surface area (Å²) in [4.78, 5) is 14.3. The summed E-state index contributed by atoms with van der Waals surface area (Å²) in [5, 5.41) is 1.10. The van der Waals surface area contributed by atoms with Gasteiger partial charge in [-0.05, 0) is 19.1 Å². The Morgan fingerprint density at radius 1 is 1.39 bits per heavy atom. The third-order valence-corrected chi connectivity index (χ3v) is 2.31. The van der Waals surface area contributed by atoms with Crippen LogP contribution in [0, 0.1) is 0 Å². The number of aromatic amines is 1. The van der Waals surface area contributed by atoms with Gasteiger partial charge in [0.25, 0.3) is 0 Å². The van der Waals surface area contributed by atoms with Gasteiger partial charge in [0.2, 0.25) is 0 Å². The van der Waals surface area contributed by atoms with Gasteiger partial charge in [-0.1, -0.05) is 32.0 Å². The fourth-order valence-electron chi connectivity index (χ4n) is 1.58. The van der Waals surface area contributed by atoms with Crippen molar-refractivity contribution in [2.75, 3.05) is 6.61 Å². The first-order chi connectivity index (χ1) is 8.81. The fraction of sp³-hybridized carbons (Fsp3) is 0.267. The summed E-state index contributed by atoms with van der Waals surface area (Å²) in [6.45, 7) is 6.19. The van der Waals surface area contributed by atoms with Crippen LogP contribution in [0.2, 0.25) is 0 Å². The highest BCUT2D eigenvalue weighted by Crippen LogP contribution is 2.18. The van der Waals surface area contributed by atoms with Crippen molar-refractivity contribution in [2.24, 2.45) is 0 Å². The van der Waals surface area contributed by atoms with Gasteiger partial charge in [0, 0.05) is 30.2 Å². The minimum Gasteiger partial charge on any atom is -0.463 e. The van der Waals surface area contributed by atoms with Crippen LogP contribution in [-0.4, -0.2) is 17.6 Å². The Labute approximate surface area is 109 Å². The Hall–Kier alpha value is -2.03. The van der Waals surface area contributed by atoms with Crippen molar-refractivity contribution in [3.8, 4) is 0 Å². The molecule has 0 unspecified atom stereocenters. The van der Waals surface area contributed by atoms with E-state index in [1.54, 1.807) is 13.0 Å². The first-order valence-corrected chi connectivity index (χ1v) is 6.22. The van der Waals surface area contributed by atoms with E-state index in [0.29, 0.717) is 6.61 Å². The minimum atomic E-state index is -0.312. The van der Waals surface area contributed by atoms with Crippen LogP contribution in [0.5, 0.6) is 0 Å². The molecule has 0 spiro atoms. The molecular formula is C15H21NO2. The number of hydrogen-bond donors (Lipinski definition) is 1. The van der Waals surface area contributed by atoms with Gasteiger partial charge in [-0.2, -0.15) is 0 Å². The average Bonchev–Trinajstić information content (AvgIpc) is 2.82. The third kappa shape index (κ3) is 3.48. The first kappa shape index (κ1) is 14.0. The van der Waals surface area contributed by atoms with Crippen LogP contribution in [0.3, 0.4) is 0 Å². The lowest BCUT2D eigenvalue weighted by Crippen LogP contribution is -1.98. The maximum Gasteiger partial charge on any atom is 0.330 e. The number of esters is 1. The van der Waals surface area contributed by atoms with Crippen LogP contribution in [0.15, 0.2) is 36.5 Å². The quantitative estimate of drug-likeness (QED) is 0.657.